The highest BCUT2D eigenvalue weighted by molar-refractivity contribution is 6.36. The number of halogens is 2. The number of rotatable bonds is 2. The molecular weight excluding hydrogens is 235 g/mol. The van der Waals surface area contributed by atoms with Gasteiger partial charge in [-0.3, -0.25) is 0 Å². The lowest BCUT2D eigenvalue weighted by Crippen LogP contribution is -1.87. The first-order valence-electron chi connectivity index (χ1n) is 4.29. The maximum Gasteiger partial charge on any atom is 0.294 e. The molecule has 0 unspecified atom stereocenters. The quantitative estimate of drug-likeness (QED) is 0.873. The van der Waals surface area contributed by atoms with Crippen molar-refractivity contribution in [2.24, 2.45) is 0 Å². The Balaban J connectivity index is 2.44. The number of hydrogen-bond acceptors (Lipinski definition) is 3. The van der Waals surface area contributed by atoms with Crippen molar-refractivity contribution >= 4 is 29.2 Å². The van der Waals surface area contributed by atoms with Crippen LogP contribution >= 0.6 is 23.2 Å². The van der Waals surface area contributed by atoms with Crippen molar-refractivity contribution in [3.05, 3.63) is 34.5 Å². The van der Waals surface area contributed by atoms with Gasteiger partial charge in [0.15, 0.2) is 0 Å². The van der Waals surface area contributed by atoms with Crippen LogP contribution in [0.15, 0.2) is 28.9 Å². The summed E-state index contributed by atoms with van der Waals surface area (Å²) in [5.74, 6) is 0. The zero-order chi connectivity index (χ0) is 10.8. The maximum absolute atomic E-state index is 6.03. The topological polar surface area (TPSA) is 38.1 Å². The molecule has 0 aliphatic rings. The molecular formula is C10H8Cl2N2O. The summed E-state index contributed by atoms with van der Waals surface area (Å²) < 4.78 is 5.14. The van der Waals surface area contributed by atoms with Gasteiger partial charge in [0, 0.05) is 17.6 Å². The van der Waals surface area contributed by atoms with Crippen LogP contribution in [0.5, 0.6) is 0 Å². The predicted octanol–water partition coefficient (Wildman–Crippen LogP) is 3.69. The summed E-state index contributed by atoms with van der Waals surface area (Å²) in [4.78, 5) is 4.18. The molecule has 0 fully saturated rings. The van der Waals surface area contributed by atoms with Gasteiger partial charge in [-0.2, -0.15) is 4.98 Å². The van der Waals surface area contributed by atoms with Crippen molar-refractivity contribution in [1.82, 2.24) is 4.98 Å². The van der Waals surface area contributed by atoms with Gasteiger partial charge in [0.1, 0.15) is 12.0 Å². The fraction of sp³-hybridized carbons (Fsp3) is 0.100. The largest absolute Gasteiger partial charge is 0.432 e. The first-order chi connectivity index (χ1) is 7.20. The van der Waals surface area contributed by atoms with Gasteiger partial charge in [0.25, 0.3) is 6.01 Å². The molecule has 2 aromatic rings. The van der Waals surface area contributed by atoms with Crippen molar-refractivity contribution in [3.63, 3.8) is 0 Å². The Bertz CT molecular complexity index is 482. The zero-order valence-electron chi connectivity index (χ0n) is 7.92. The zero-order valence-corrected chi connectivity index (χ0v) is 9.43. The minimum atomic E-state index is 0.455. The third-order valence-electron chi connectivity index (χ3n) is 1.93. The number of nitrogens with one attached hydrogen (secondary N) is 1. The van der Waals surface area contributed by atoms with Gasteiger partial charge in [-0.25, -0.2) is 0 Å². The highest BCUT2D eigenvalue weighted by Gasteiger charge is 2.08. The monoisotopic (exact) mass is 242 g/mol. The summed E-state index contributed by atoms with van der Waals surface area (Å²) in [6, 6.07) is 5.70. The van der Waals surface area contributed by atoms with Gasteiger partial charge in [-0.1, -0.05) is 23.2 Å². The summed E-state index contributed by atoms with van der Waals surface area (Å²) in [6.45, 7) is 0. The fourth-order valence-corrected chi connectivity index (χ4v) is 1.71. The average molecular weight is 243 g/mol. The Hall–Kier alpha value is -1.19. The second-order valence-electron chi connectivity index (χ2n) is 2.91. The van der Waals surface area contributed by atoms with Crippen molar-refractivity contribution in [2.45, 2.75) is 0 Å². The molecule has 0 bridgehead atoms. The first kappa shape index (κ1) is 10.3. The van der Waals surface area contributed by atoms with E-state index in [4.69, 9.17) is 27.6 Å². The molecule has 1 aromatic carbocycles. The molecule has 1 N–H and O–H groups in total. The standard InChI is InChI=1S/C10H8Cl2N2O/c1-13-10-14-9(5-15-10)7-3-2-6(11)4-8(7)12/h2-5H,1H3,(H,13,14). The lowest BCUT2D eigenvalue weighted by atomic mass is 10.2. The Morgan fingerprint density at radius 2 is 2.13 bits per heavy atom. The summed E-state index contributed by atoms with van der Waals surface area (Å²) >= 11 is 11.8. The minimum Gasteiger partial charge on any atom is -0.432 e. The van der Waals surface area contributed by atoms with Crippen LogP contribution in [0.2, 0.25) is 10.0 Å². The Kier molecular flexibility index (Phi) is 2.84. The fourth-order valence-electron chi connectivity index (χ4n) is 1.21. The number of oxazole rings is 1. The third kappa shape index (κ3) is 2.08. The molecule has 0 amide bonds. The van der Waals surface area contributed by atoms with Crippen molar-refractivity contribution in [3.8, 4) is 11.3 Å². The lowest BCUT2D eigenvalue weighted by Gasteiger charge is -1.99. The normalized spacial score (nSPS) is 10.3. The van der Waals surface area contributed by atoms with E-state index in [9.17, 15) is 0 Å². The summed E-state index contributed by atoms with van der Waals surface area (Å²) in [7, 11) is 1.74. The molecule has 3 nitrogen and oxygen atoms in total. The molecule has 15 heavy (non-hydrogen) atoms. The van der Waals surface area contributed by atoms with Crippen LogP contribution in [0.3, 0.4) is 0 Å². The predicted molar refractivity (Wildman–Crippen MR) is 61.5 cm³/mol. The highest BCUT2D eigenvalue weighted by Crippen LogP contribution is 2.30. The molecule has 2 rings (SSSR count). The number of hydrogen-bond donors (Lipinski definition) is 1. The van der Waals surface area contributed by atoms with Crippen molar-refractivity contribution in [2.75, 3.05) is 12.4 Å². The molecule has 0 saturated carbocycles. The van der Waals surface area contributed by atoms with Crippen LogP contribution in [0.1, 0.15) is 0 Å². The Morgan fingerprint density at radius 3 is 2.73 bits per heavy atom. The van der Waals surface area contributed by atoms with Crippen LogP contribution < -0.4 is 5.32 Å². The van der Waals surface area contributed by atoms with E-state index in [-0.39, 0.29) is 0 Å². The average Bonchev–Trinajstić information content (AvgIpc) is 2.66. The molecule has 0 spiro atoms. The molecule has 0 aliphatic heterocycles. The molecule has 0 aliphatic carbocycles. The molecule has 0 atom stereocenters. The van der Waals surface area contributed by atoms with Crippen LogP contribution in [-0.4, -0.2) is 12.0 Å². The van der Waals surface area contributed by atoms with E-state index in [1.165, 1.54) is 0 Å². The Morgan fingerprint density at radius 1 is 1.33 bits per heavy atom. The number of aromatic nitrogens is 1. The maximum atomic E-state index is 6.03. The number of benzene rings is 1. The van der Waals surface area contributed by atoms with E-state index in [1.54, 1.807) is 25.4 Å². The molecule has 0 saturated heterocycles. The molecule has 5 heteroatoms. The van der Waals surface area contributed by atoms with Crippen LogP contribution in [0.4, 0.5) is 6.01 Å². The van der Waals surface area contributed by atoms with Gasteiger partial charge < -0.3 is 9.73 Å². The van der Waals surface area contributed by atoms with Crippen molar-refractivity contribution < 1.29 is 4.42 Å². The van der Waals surface area contributed by atoms with Crippen LogP contribution in [-0.2, 0) is 0 Å². The first-order valence-corrected chi connectivity index (χ1v) is 5.05. The van der Waals surface area contributed by atoms with E-state index in [1.807, 2.05) is 6.07 Å². The van der Waals surface area contributed by atoms with Crippen LogP contribution in [0.25, 0.3) is 11.3 Å². The van der Waals surface area contributed by atoms with Crippen LogP contribution in [0, 0.1) is 0 Å². The van der Waals surface area contributed by atoms with Gasteiger partial charge in [-0.15, -0.1) is 0 Å². The third-order valence-corrected chi connectivity index (χ3v) is 2.47. The Labute approximate surface area is 97.0 Å². The molecule has 1 aromatic heterocycles. The van der Waals surface area contributed by atoms with E-state index in [2.05, 4.69) is 10.3 Å². The minimum absolute atomic E-state index is 0.455. The lowest BCUT2D eigenvalue weighted by molar-refractivity contribution is 0.576. The smallest absolute Gasteiger partial charge is 0.294 e. The van der Waals surface area contributed by atoms with E-state index in [0.29, 0.717) is 21.8 Å². The van der Waals surface area contributed by atoms with Gasteiger partial charge in [0.2, 0.25) is 0 Å². The van der Waals surface area contributed by atoms with Gasteiger partial charge >= 0.3 is 0 Å². The molecule has 0 radical (unpaired) electrons. The SMILES string of the molecule is CNc1nc(-c2ccc(Cl)cc2Cl)co1. The van der Waals surface area contributed by atoms with E-state index >= 15 is 0 Å². The summed E-state index contributed by atoms with van der Waals surface area (Å²) in [5, 5.41) is 3.95. The second kappa shape index (κ2) is 4.13. The second-order valence-corrected chi connectivity index (χ2v) is 3.76. The summed E-state index contributed by atoms with van der Waals surface area (Å²) in [5.41, 5.74) is 1.48. The number of anilines is 1. The van der Waals surface area contributed by atoms with Gasteiger partial charge in [-0.05, 0) is 18.2 Å². The van der Waals surface area contributed by atoms with E-state index < -0.39 is 0 Å². The van der Waals surface area contributed by atoms with Crippen molar-refractivity contribution in [1.29, 1.82) is 0 Å². The van der Waals surface area contributed by atoms with E-state index in [0.717, 1.165) is 5.56 Å². The van der Waals surface area contributed by atoms with Gasteiger partial charge in [0.05, 0.1) is 5.02 Å². The molecule has 78 valence electrons. The highest BCUT2D eigenvalue weighted by atomic mass is 35.5. The number of nitrogens with zero attached hydrogens (tertiary/aromatic N) is 1. The summed E-state index contributed by atoms with van der Waals surface area (Å²) in [6.07, 6.45) is 1.54. The molecule has 1 heterocycles.